The number of benzene rings is 1. The SMILES string of the molecule is CCCCCCCCOc1c(O)c2cc(OCCCOC(C)=O)ccc2oc1=O. The van der Waals surface area contributed by atoms with E-state index in [9.17, 15) is 14.7 Å². The molecule has 7 heteroatoms. The van der Waals surface area contributed by atoms with Crippen molar-refractivity contribution in [2.24, 2.45) is 0 Å². The Balaban J connectivity index is 1.96. The summed E-state index contributed by atoms with van der Waals surface area (Å²) in [6.45, 7) is 4.50. The molecule has 2 rings (SSSR count). The second-order valence-corrected chi connectivity index (χ2v) is 6.88. The van der Waals surface area contributed by atoms with Crippen LogP contribution in [0.2, 0.25) is 0 Å². The van der Waals surface area contributed by atoms with Crippen molar-refractivity contribution >= 4 is 16.9 Å². The van der Waals surface area contributed by atoms with Crippen LogP contribution in [0.3, 0.4) is 0 Å². The quantitative estimate of drug-likeness (QED) is 0.296. The highest BCUT2D eigenvalue weighted by Crippen LogP contribution is 2.33. The Labute approximate surface area is 170 Å². The fourth-order valence-electron chi connectivity index (χ4n) is 2.89. The van der Waals surface area contributed by atoms with Crippen LogP contribution >= 0.6 is 0 Å². The summed E-state index contributed by atoms with van der Waals surface area (Å²) >= 11 is 0. The maximum absolute atomic E-state index is 12.1. The summed E-state index contributed by atoms with van der Waals surface area (Å²) in [6.07, 6.45) is 7.12. The van der Waals surface area contributed by atoms with Crippen LogP contribution in [0.25, 0.3) is 11.0 Å². The summed E-state index contributed by atoms with van der Waals surface area (Å²) in [5, 5.41) is 10.8. The van der Waals surface area contributed by atoms with E-state index in [0.717, 1.165) is 19.3 Å². The number of rotatable bonds is 13. The van der Waals surface area contributed by atoms with Gasteiger partial charge < -0.3 is 23.7 Å². The van der Waals surface area contributed by atoms with Gasteiger partial charge in [0.1, 0.15) is 11.3 Å². The number of unbranched alkanes of at least 4 members (excludes halogenated alkanes) is 5. The molecule has 0 radical (unpaired) electrons. The van der Waals surface area contributed by atoms with Crippen LogP contribution in [-0.2, 0) is 9.53 Å². The van der Waals surface area contributed by atoms with Crippen LogP contribution in [0.15, 0.2) is 27.4 Å². The normalized spacial score (nSPS) is 10.8. The van der Waals surface area contributed by atoms with Gasteiger partial charge in [-0.15, -0.1) is 0 Å². The number of hydrogen-bond donors (Lipinski definition) is 1. The van der Waals surface area contributed by atoms with Crippen LogP contribution in [0.4, 0.5) is 0 Å². The highest BCUT2D eigenvalue weighted by atomic mass is 16.5. The lowest BCUT2D eigenvalue weighted by Crippen LogP contribution is -2.09. The zero-order chi connectivity index (χ0) is 21.1. The van der Waals surface area contributed by atoms with E-state index < -0.39 is 5.63 Å². The molecule has 7 nitrogen and oxygen atoms in total. The van der Waals surface area contributed by atoms with Crippen molar-refractivity contribution in [3.63, 3.8) is 0 Å². The first-order valence-electron chi connectivity index (χ1n) is 10.2. The molecule has 1 N–H and O–H groups in total. The van der Waals surface area contributed by atoms with Gasteiger partial charge in [-0.2, -0.15) is 0 Å². The Kier molecular flexibility index (Phi) is 9.34. The molecule has 0 saturated carbocycles. The molecule has 0 aliphatic carbocycles. The van der Waals surface area contributed by atoms with Crippen molar-refractivity contribution in [2.45, 2.75) is 58.8 Å². The predicted octanol–water partition coefficient (Wildman–Crippen LogP) is 4.57. The second-order valence-electron chi connectivity index (χ2n) is 6.88. The van der Waals surface area contributed by atoms with Crippen LogP contribution in [-0.4, -0.2) is 30.9 Å². The molecule has 1 aromatic carbocycles. The molecular weight excluding hydrogens is 376 g/mol. The highest BCUT2D eigenvalue weighted by molar-refractivity contribution is 5.86. The lowest BCUT2D eigenvalue weighted by molar-refractivity contribution is -0.141. The van der Waals surface area contributed by atoms with Gasteiger partial charge in [0.15, 0.2) is 5.75 Å². The molecule has 0 fully saturated rings. The monoisotopic (exact) mass is 406 g/mol. The summed E-state index contributed by atoms with van der Waals surface area (Å²) in [6, 6.07) is 4.81. The largest absolute Gasteiger partial charge is 0.504 e. The van der Waals surface area contributed by atoms with Crippen molar-refractivity contribution < 1.29 is 28.5 Å². The average Bonchev–Trinajstić information content (AvgIpc) is 2.69. The molecule has 0 bridgehead atoms. The van der Waals surface area contributed by atoms with Crippen LogP contribution in [0.1, 0.15) is 58.8 Å². The fourth-order valence-corrected chi connectivity index (χ4v) is 2.89. The average molecular weight is 406 g/mol. The molecule has 0 atom stereocenters. The zero-order valence-electron chi connectivity index (χ0n) is 17.2. The molecule has 0 saturated heterocycles. The molecule has 29 heavy (non-hydrogen) atoms. The van der Waals surface area contributed by atoms with Crippen molar-refractivity contribution in [1.82, 2.24) is 0 Å². The van der Waals surface area contributed by atoms with Gasteiger partial charge in [-0.3, -0.25) is 4.79 Å². The van der Waals surface area contributed by atoms with Gasteiger partial charge in [0.05, 0.1) is 25.2 Å². The minimum Gasteiger partial charge on any atom is -0.504 e. The maximum atomic E-state index is 12.1. The van der Waals surface area contributed by atoms with E-state index in [-0.39, 0.29) is 29.7 Å². The van der Waals surface area contributed by atoms with Crippen LogP contribution in [0.5, 0.6) is 17.2 Å². The molecule has 1 aromatic heterocycles. The van der Waals surface area contributed by atoms with E-state index >= 15 is 0 Å². The van der Waals surface area contributed by atoms with Gasteiger partial charge in [-0.25, -0.2) is 4.79 Å². The topological polar surface area (TPSA) is 95.2 Å². The number of esters is 1. The van der Waals surface area contributed by atoms with Crippen LogP contribution in [0, 0.1) is 0 Å². The number of aromatic hydroxyl groups is 1. The summed E-state index contributed by atoms with van der Waals surface area (Å²) in [5.74, 6) is -0.235. The first-order chi connectivity index (χ1) is 14.0. The minimum absolute atomic E-state index is 0.168. The first kappa shape index (κ1) is 22.6. The molecule has 160 valence electrons. The van der Waals surface area contributed by atoms with E-state index in [0.29, 0.717) is 30.8 Å². The van der Waals surface area contributed by atoms with Gasteiger partial charge in [0, 0.05) is 13.3 Å². The summed E-state index contributed by atoms with van der Waals surface area (Å²) in [5.41, 5.74) is -0.442. The van der Waals surface area contributed by atoms with Crippen molar-refractivity contribution in [3.05, 3.63) is 28.6 Å². The van der Waals surface area contributed by atoms with E-state index in [2.05, 4.69) is 6.92 Å². The van der Waals surface area contributed by atoms with E-state index in [4.69, 9.17) is 18.6 Å². The standard InChI is InChI=1S/C22H30O7/c1-3-4-5-6-7-8-12-28-21-20(24)18-15-17(10-11-19(18)29-22(21)25)27-14-9-13-26-16(2)23/h10-11,15,24H,3-9,12-14H2,1-2H3. The van der Waals surface area contributed by atoms with Crippen molar-refractivity contribution in [2.75, 3.05) is 19.8 Å². The number of fused-ring (bicyclic) bond motifs is 1. The van der Waals surface area contributed by atoms with Gasteiger partial charge in [-0.1, -0.05) is 39.0 Å². The molecule has 1 heterocycles. The van der Waals surface area contributed by atoms with Gasteiger partial charge in [0.25, 0.3) is 0 Å². The van der Waals surface area contributed by atoms with Crippen molar-refractivity contribution in [1.29, 1.82) is 0 Å². The molecule has 0 aliphatic heterocycles. The van der Waals surface area contributed by atoms with E-state index in [1.54, 1.807) is 18.2 Å². The maximum Gasteiger partial charge on any atom is 0.383 e. The summed E-state index contributed by atoms with van der Waals surface area (Å²) < 4.78 is 21.2. The Morgan fingerprint density at radius 3 is 2.48 bits per heavy atom. The van der Waals surface area contributed by atoms with Crippen molar-refractivity contribution in [3.8, 4) is 17.2 Å². The summed E-state index contributed by atoms with van der Waals surface area (Å²) in [7, 11) is 0. The number of ether oxygens (including phenoxy) is 3. The molecular formula is C22H30O7. The Morgan fingerprint density at radius 1 is 1.00 bits per heavy atom. The van der Waals surface area contributed by atoms with E-state index in [1.165, 1.54) is 26.2 Å². The third-order valence-corrected chi connectivity index (χ3v) is 4.42. The number of hydrogen-bond acceptors (Lipinski definition) is 7. The lowest BCUT2D eigenvalue weighted by Gasteiger charge is -2.10. The Bertz CT molecular complexity index is 841. The third-order valence-electron chi connectivity index (χ3n) is 4.42. The zero-order valence-corrected chi connectivity index (χ0v) is 17.2. The number of carbonyl (C=O) groups excluding carboxylic acids is 1. The number of carbonyl (C=O) groups is 1. The minimum atomic E-state index is -0.698. The molecule has 0 spiro atoms. The highest BCUT2D eigenvalue weighted by Gasteiger charge is 2.16. The lowest BCUT2D eigenvalue weighted by atomic mass is 10.1. The molecule has 0 unspecified atom stereocenters. The van der Waals surface area contributed by atoms with Gasteiger partial charge in [0.2, 0.25) is 5.75 Å². The first-order valence-corrected chi connectivity index (χ1v) is 10.2. The third kappa shape index (κ3) is 7.33. The fraction of sp³-hybridized carbons (Fsp3) is 0.545. The Morgan fingerprint density at radius 2 is 1.72 bits per heavy atom. The molecule has 0 amide bonds. The molecule has 2 aromatic rings. The smallest absolute Gasteiger partial charge is 0.383 e. The predicted molar refractivity (Wildman–Crippen MR) is 110 cm³/mol. The van der Waals surface area contributed by atoms with Gasteiger partial charge >= 0.3 is 11.6 Å². The molecule has 0 aliphatic rings. The summed E-state index contributed by atoms with van der Waals surface area (Å²) in [4.78, 5) is 22.9. The van der Waals surface area contributed by atoms with Gasteiger partial charge in [-0.05, 0) is 24.6 Å². The Hall–Kier alpha value is -2.70. The van der Waals surface area contributed by atoms with Crippen LogP contribution < -0.4 is 15.1 Å². The second kappa shape index (κ2) is 12.0. The van der Waals surface area contributed by atoms with E-state index in [1.807, 2.05) is 0 Å².